The van der Waals surface area contributed by atoms with Crippen LogP contribution in [0, 0.1) is 12.8 Å². The molecule has 1 aromatic carbocycles. The van der Waals surface area contributed by atoms with Crippen molar-refractivity contribution < 1.29 is 9.53 Å². The van der Waals surface area contributed by atoms with Gasteiger partial charge < -0.3 is 4.74 Å². The van der Waals surface area contributed by atoms with Crippen LogP contribution in [0.1, 0.15) is 50.8 Å². The zero-order valence-electron chi connectivity index (χ0n) is 13.3. The lowest BCUT2D eigenvalue weighted by Crippen LogP contribution is -2.40. The van der Waals surface area contributed by atoms with E-state index in [0.29, 0.717) is 5.92 Å². The molecule has 112 valence electrons. The van der Waals surface area contributed by atoms with Crippen molar-refractivity contribution in [3.05, 3.63) is 35.4 Å². The first-order chi connectivity index (χ1) is 9.47. The molecule has 1 aromatic rings. The maximum Gasteiger partial charge on any atom is 0.322 e. The van der Waals surface area contributed by atoms with E-state index in [0.717, 1.165) is 12.8 Å². The smallest absolute Gasteiger partial charge is 0.322 e. The number of esters is 1. The maximum absolute atomic E-state index is 11.9. The van der Waals surface area contributed by atoms with Crippen molar-refractivity contribution in [2.24, 2.45) is 5.92 Å². The molecule has 0 radical (unpaired) electrons. The molecule has 1 N–H and O–H groups in total. The van der Waals surface area contributed by atoms with E-state index >= 15 is 0 Å². The minimum absolute atomic E-state index is 0.177. The number of carbonyl (C=O) groups excluding carboxylic acids is 1. The second-order valence-electron chi connectivity index (χ2n) is 5.74. The Hall–Kier alpha value is -1.35. The van der Waals surface area contributed by atoms with Crippen molar-refractivity contribution >= 4 is 5.97 Å². The molecule has 3 heteroatoms. The fraction of sp³-hybridized carbons (Fsp3) is 0.588. The number of benzene rings is 1. The van der Waals surface area contributed by atoms with Crippen molar-refractivity contribution in [1.82, 2.24) is 5.32 Å². The first-order valence-corrected chi connectivity index (χ1v) is 7.38. The minimum Gasteiger partial charge on any atom is -0.468 e. The van der Waals surface area contributed by atoms with E-state index in [2.05, 4.69) is 57.3 Å². The van der Waals surface area contributed by atoms with Crippen molar-refractivity contribution in [3.63, 3.8) is 0 Å². The largest absolute Gasteiger partial charge is 0.468 e. The summed E-state index contributed by atoms with van der Waals surface area (Å²) < 4.78 is 4.91. The monoisotopic (exact) mass is 277 g/mol. The molecule has 2 atom stereocenters. The summed E-state index contributed by atoms with van der Waals surface area (Å²) in [7, 11) is 1.45. The predicted octanol–water partition coefficient (Wildman–Crippen LogP) is 3.62. The summed E-state index contributed by atoms with van der Waals surface area (Å²) in [6, 6.07) is 8.40. The molecule has 3 nitrogen and oxygen atoms in total. The van der Waals surface area contributed by atoms with Crippen LogP contribution in [0.2, 0.25) is 0 Å². The topological polar surface area (TPSA) is 38.3 Å². The molecule has 0 heterocycles. The lowest BCUT2D eigenvalue weighted by Gasteiger charge is -2.25. The minimum atomic E-state index is -0.244. The van der Waals surface area contributed by atoms with Gasteiger partial charge in [-0.3, -0.25) is 10.1 Å². The van der Waals surface area contributed by atoms with Gasteiger partial charge in [-0.2, -0.15) is 0 Å². The molecule has 0 fully saturated rings. The molecule has 0 aromatic heterocycles. The first kappa shape index (κ1) is 16.7. The van der Waals surface area contributed by atoms with Gasteiger partial charge in [0.05, 0.1) is 7.11 Å². The van der Waals surface area contributed by atoms with Gasteiger partial charge in [-0.25, -0.2) is 0 Å². The number of hydrogen-bond acceptors (Lipinski definition) is 3. The van der Waals surface area contributed by atoms with Gasteiger partial charge in [0.1, 0.15) is 6.04 Å². The number of carbonyl (C=O) groups is 1. The summed E-state index contributed by atoms with van der Waals surface area (Å²) in [5.41, 5.74) is 2.46. The Balaban J connectivity index is 2.82. The van der Waals surface area contributed by atoms with Crippen LogP contribution < -0.4 is 5.32 Å². The lowest BCUT2D eigenvalue weighted by molar-refractivity contribution is -0.143. The van der Waals surface area contributed by atoms with Gasteiger partial charge in [-0.15, -0.1) is 0 Å². The highest BCUT2D eigenvalue weighted by Crippen LogP contribution is 2.20. The Morgan fingerprint density at radius 3 is 2.30 bits per heavy atom. The molecule has 0 bridgehead atoms. The number of hydrogen-bond donors (Lipinski definition) is 1. The van der Waals surface area contributed by atoms with E-state index in [4.69, 9.17) is 4.74 Å². The van der Waals surface area contributed by atoms with Crippen LogP contribution in [-0.2, 0) is 9.53 Å². The third-order valence-electron chi connectivity index (χ3n) is 3.48. The molecule has 0 spiro atoms. The van der Waals surface area contributed by atoms with Crippen molar-refractivity contribution in [3.8, 4) is 0 Å². The molecule has 0 amide bonds. The fourth-order valence-corrected chi connectivity index (χ4v) is 2.34. The van der Waals surface area contributed by atoms with Crippen LogP contribution in [0.25, 0.3) is 0 Å². The third-order valence-corrected chi connectivity index (χ3v) is 3.48. The zero-order chi connectivity index (χ0) is 15.1. The van der Waals surface area contributed by atoms with E-state index in [9.17, 15) is 4.79 Å². The Bertz CT molecular complexity index is 412. The Morgan fingerprint density at radius 2 is 1.85 bits per heavy atom. The van der Waals surface area contributed by atoms with Gasteiger partial charge in [-0.05, 0) is 31.2 Å². The van der Waals surface area contributed by atoms with E-state index in [-0.39, 0.29) is 18.1 Å². The van der Waals surface area contributed by atoms with Crippen LogP contribution in [0.4, 0.5) is 0 Å². The van der Waals surface area contributed by atoms with Crippen LogP contribution in [0.5, 0.6) is 0 Å². The lowest BCUT2D eigenvalue weighted by atomic mass is 9.98. The van der Waals surface area contributed by atoms with Crippen LogP contribution >= 0.6 is 0 Å². The molecule has 0 saturated carbocycles. The summed E-state index contributed by atoms with van der Waals surface area (Å²) in [6.07, 6.45) is 1.73. The Labute approximate surface area is 122 Å². The average Bonchev–Trinajstić information content (AvgIpc) is 2.43. The van der Waals surface area contributed by atoms with Gasteiger partial charge in [-0.1, -0.05) is 50.6 Å². The molecule has 0 saturated heterocycles. The van der Waals surface area contributed by atoms with Crippen molar-refractivity contribution in [2.45, 2.75) is 52.6 Å². The van der Waals surface area contributed by atoms with E-state index < -0.39 is 0 Å². The zero-order valence-corrected chi connectivity index (χ0v) is 13.3. The van der Waals surface area contributed by atoms with Gasteiger partial charge in [0.25, 0.3) is 0 Å². The molecule has 0 aliphatic heterocycles. The molecule has 2 unspecified atom stereocenters. The van der Waals surface area contributed by atoms with E-state index in [1.54, 1.807) is 0 Å². The first-order valence-electron chi connectivity index (χ1n) is 7.38. The molecular weight excluding hydrogens is 250 g/mol. The standard InChI is InChI=1S/C17H27NO2/c1-6-15(14-9-7-13(4)8-10-14)18-16(11-12(2)3)17(19)20-5/h7-10,12,15-16,18H,6,11H2,1-5H3. The van der Waals surface area contributed by atoms with E-state index in [1.165, 1.54) is 18.2 Å². The Morgan fingerprint density at radius 1 is 1.25 bits per heavy atom. The predicted molar refractivity (Wildman–Crippen MR) is 82.6 cm³/mol. The molecule has 0 aliphatic carbocycles. The van der Waals surface area contributed by atoms with Gasteiger partial charge in [0.2, 0.25) is 0 Å². The second-order valence-corrected chi connectivity index (χ2v) is 5.74. The van der Waals surface area contributed by atoms with Crippen molar-refractivity contribution in [1.29, 1.82) is 0 Å². The summed E-state index contributed by atoms with van der Waals surface area (Å²) in [6.45, 7) is 8.43. The van der Waals surface area contributed by atoms with Gasteiger partial charge in [0.15, 0.2) is 0 Å². The van der Waals surface area contributed by atoms with Crippen LogP contribution in [-0.4, -0.2) is 19.1 Å². The molecule has 1 rings (SSSR count). The number of nitrogens with one attached hydrogen (secondary N) is 1. The highest BCUT2D eigenvalue weighted by Gasteiger charge is 2.23. The van der Waals surface area contributed by atoms with E-state index in [1.807, 2.05) is 0 Å². The highest BCUT2D eigenvalue weighted by molar-refractivity contribution is 5.75. The van der Waals surface area contributed by atoms with Crippen LogP contribution in [0.15, 0.2) is 24.3 Å². The molecule has 20 heavy (non-hydrogen) atoms. The second kappa shape index (κ2) is 8.05. The normalized spacial score (nSPS) is 14.1. The summed E-state index contributed by atoms with van der Waals surface area (Å²) in [4.78, 5) is 11.9. The third kappa shape index (κ3) is 4.97. The SMILES string of the molecule is CCC(NC(CC(C)C)C(=O)OC)c1ccc(C)cc1. The van der Waals surface area contributed by atoms with Crippen LogP contribution in [0.3, 0.4) is 0 Å². The quantitative estimate of drug-likeness (QED) is 0.774. The fourth-order valence-electron chi connectivity index (χ4n) is 2.34. The Kier molecular flexibility index (Phi) is 6.73. The number of ether oxygens (including phenoxy) is 1. The van der Waals surface area contributed by atoms with Crippen molar-refractivity contribution in [2.75, 3.05) is 7.11 Å². The molecule has 0 aliphatic rings. The summed E-state index contributed by atoms with van der Waals surface area (Å²) in [5.74, 6) is 0.270. The molecular formula is C17H27NO2. The van der Waals surface area contributed by atoms with Gasteiger partial charge in [0, 0.05) is 6.04 Å². The number of rotatable bonds is 7. The number of methoxy groups -OCH3 is 1. The number of aryl methyl sites for hydroxylation is 1. The summed E-state index contributed by atoms with van der Waals surface area (Å²) >= 11 is 0. The van der Waals surface area contributed by atoms with Gasteiger partial charge >= 0.3 is 5.97 Å². The average molecular weight is 277 g/mol. The highest BCUT2D eigenvalue weighted by atomic mass is 16.5. The summed E-state index contributed by atoms with van der Waals surface area (Å²) in [5, 5.41) is 3.45. The maximum atomic E-state index is 11.9.